The van der Waals surface area contributed by atoms with Crippen LogP contribution in [0.4, 0.5) is 0 Å². The number of hydrogen-bond donors (Lipinski definition) is 7. The topological polar surface area (TPSA) is 246 Å². The van der Waals surface area contributed by atoms with Crippen LogP contribution >= 0.6 is 0 Å². The van der Waals surface area contributed by atoms with Crippen molar-refractivity contribution in [3.8, 4) is 0 Å². The molecular weight excluding hydrogens is 734 g/mol. The summed E-state index contributed by atoms with van der Waals surface area (Å²) in [5.41, 5.74) is 6.10. The molecule has 1 aliphatic rings. The maximum Gasteiger partial charge on any atom is 0.289 e. The van der Waals surface area contributed by atoms with Crippen molar-refractivity contribution in [3.05, 3.63) is 48.0 Å². The number of aliphatic hydroxyl groups excluding tert-OH is 1. The number of nitrogens with two attached hydrogens (primary N) is 1. The number of nitrogens with zero attached hydrogens (tertiary/aromatic N) is 1. The van der Waals surface area contributed by atoms with Gasteiger partial charge in [-0.15, -0.1) is 0 Å². The molecule has 16 nitrogen and oxygen atoms in total. The van der Waals surface area contributed by atoms with Gasteiger partial charge in [0.25, 0.3) is 5.91 Å². The van der Waals surface area contributed by atoms with Crippen LogP contribution in [0.1, 0.15) is 104 Å². The standard InChI is InChI=1S/C41H59N7O9/c1-5-6-7-8-9-10-11-21-34(51)48-22-15-20-32(48)39(55)47-35(27(4)49)40(56)45-26(3)37(53)46-31(23-33(42)50)38(54)44-25(2)36(52)41(57)43-24-29-18-14-17-28-16-12-13-19-30(28)29/h12-14,16-19,25-27,31-32,35,49H,5-11,15,20-24H2,1-4H3,(H2,42,50)(H,43,57)(H,44,54)(H,45,56)(H,46,53)(H,47,55)/t25-,26-,27-,31-,32-,35-/m0/s1. The molecule has 16 heteroatoms. The normalized spacial score (nSPS) is 16.4. The number of nitrogens with one attached hydrogen (secondary N) is 5. The zero-order valence-corrected chi connectivity index (χ0v) is 33.4. The lowest BCUT2D eigenvalue weighted by Crippen LogP contribution is -2.60. The number of unbranched alkanes of at least 4 members (excludes halogenated alkanes) is 6. The van der Waals surface area contributed by atoms with Crippen molar-refractivity contribution in [1.82, 2.24) is 31.5 Å². The van der Waals surface area contributed by atoms with Gasteiger partial charge in [-0.2, -0.15) is 0 Å². The Kier molecular flexibility index (Phi) is 18.6. The van der Waals surface area contributed by atoms with Gasteiger partial charge in [0, 0.05) is 19.5 Å². The van der Waals surface area contributed by atoms with E-state index in [4.69, 9.17) is 5.73 Å². The van der Waals surface area contributed by atoms with E-state index in [1.54, 1.807) is 0 Å². The van der Waals surface area contributed by atoms with Crippen molar-refractivity contribution < 1.29 is 43.5 Å². The van der Waals surface area contributed by atoms with Crippen LogP contribution in [0.5, 0.6) is 0 Å². The fourth-order valence-electron chi connectivity index (χ4n) is 6.73. The van der Waals surface area contributed by atoms with E-state index in [1.807, 2.05) is 42.5 Å². The van der Waals surface area contributed by atoms with E-state index in [-0.39, 0.29) is 12.5 Å². The zero-order valence-electron chi connectivity index (χ0n) is 33.4. The molecule has 0 aliphatic carbocycles. The molecule has 2 aromatic rings. The van der Waals surface area contributed by atoms with Gasteiger partial charge in [-0.05, 0) is 56.4 Å². The lowest BCUT2D eigenvalue weighted by atomic mass is 10.0. The van der Waals surface area contributed by atoms with E-state index in [0.29, 0.717) is 25.8 Å². The number of fused-ring (bicyclic) bond motifs is 1. The Hall–Kier alpha value is -5.38. The summed E-state index contributed by atoms with van der Waals surface area (Å²) in [7, 11) is 0. The van der Waals surface area contributed by atoms with E-state index in [9.17, 15) is 43.5 Å². The number of benzene rings is 2. The van der Waals surface area contributed by atoms with Crippen LogP contribution in [-0.2, 0) is 44.9 Å². The predicted molar refractivity (Wildman–Crippen MR) is 213 cm³/mol. The number of amides is 7. The smallest absolute Gasteiger partial charge is 0.289 e. The number of Topliss-reactive ketones (excluding diaryl/α,β-unsaturated/α-hetero) is 1. The third kappa shape index (κ3) is 14.3. The molecule has 57 heavy (non-hydrogen) atoms. The average Bonchev–Trinajstić information content (AvgIpc) is 3.68. The molecule has 1 aliphatic heterocycles. The van der Waals surface area contributed by atoms with Crippen LogP contribution in [0.3, 0.4) is 0 Å². The highest BCUT2D eigenvalue weighted by atomic mass is 16.3. The van der Waals surface area contributed by atoms with E-state index < -0.39 is 84.0 Å². The molecule has 6 atom stereocenters. The monoisotopic (exact) mass is 793 g/mol. The minimum atomic E-state index is -1.58. The van der Waals surface area contributed by atoms with Gasteiger partial charge in [-0.1, -0.05) is 87.9 Å². The summed E-state index contributed by atoms with van der Waals surface area (Å²) in [6.45, 7) is 6.44. The summed E-state index contributed by atoms with van der Waals surface area (Å²) in [4.78, 5) is 105. The fraction of sp³-hybridized carbons (Fsp3) is 0.561. The molecule has 8 N–H and O–H groups in total. The molecule has 312 valence electrons. The minimum absolute atomic E-state index is 0.0498. The molecule has 0 aromatic heterocycles. The number of ketones is 1. The lowest BCUT2D eigenvalue weighted by Gasteiger charge is -2.28. The first-order valence-corrected chi connectivity index (χ1v) is 19.9. The van der Waals surface area contributed by atoms with Crippen LogP contribution in [0.2, 0.25) is 0 Å². The summed E-state index contributed by atoms with van der Waals surface area (Å²) < 4.78 is 0. The first-order chi connectivity index (χ1) is 27.1. The van der Waals surface area contributed by atoms with Crippen molar-refractivity contribution >= 4 is 57.9 Å². The molecule has 7 amide bonds. The van der Waals surface area contributed by atoms with Crippen LogP contribution in [0.25, 0.3) is 10.8 Å². The summed E-state index contributed by atoms with van der Waals surface area (Å²) >= 11 is 0. The second-order valence-electron chi connectivity index (χ2n) is 14.7. The summed E-state index contributed by atoms with van der Waals surface area (Å²) in [6, 6.07) is 6.51. The average molecular weight is 794 g/mol. The molecule has 1 saturated heterocycles. The van der Waals surface area contributed by atoms with Crippen LogP contribution < -0.4 is 32.3 Å². The summed E-state index contributed by atoms with van der Waals surface area (Å²) in [6.07, 6.45) is 6.60. The quantitative estimate of drug-likeness (QED) is 0.0634. The maximum atomic E-state index is 13.3. The number of hydrogen-bond acceptors (Lipinski definition) is 9. The van der Waals surface area contributed by atoms with Crippen LogP contribution in [-0.4, -0.2) is 100.0 Å². The number of aliphatic hydroxyl groups is 1. The van der Waals surface area contributed by atoms with Gasteiger partial charge in [0.2, 0.25) is 41.2 Å². The Bertz CT molecular complexity index is 1740. The molecule has 1 fully saturated rings. The lowest BCUT2D eigenvalue weighted by molar-refractivity contribution is -0.141. The van der Waals surface area contributed by atoms with Crippen molar-refractivity contribution in [2.45, 2.75) is 141 Å². The fourth-order valence-corrected chi connectivity index (χ4v) is 6.73. The molecule has 3 rings (SSSR count). The molecule has 2 aromatic carbocycles. The highest BCUT2D eigenvalue weighted by Crippen LogP contribution is 2.21. The highest BCUT2D eigenvalue weighted by molar-refractivity contribution is 6.38. The van der Waals surface area contributed by atoms with Crippen molar-refractivity contribution in [2.75, 3.05) is 6.54 Å². The van der Waals surface area contributed by atoms with Gasteiger partial charge < -0.3 is 42.3 Å². The second kappa shape index (κ2) is 23.0. The van der Waals surface area contributed by atoms with E-state index in [2.05, 4.69) is 33.5 Å². The highest BCUT2D eigenvalue weighted by Gasteiger charge is 2.37. The number of carbonyl (C=O) groups is 8. The summed E-state index contributed by atoms with van der Waals surface area (Å²) in [5, 5.41) is 24.4. The first-order valence-electron chi connectivity index (χ1n) is 19.9. The molecule has 0 unspecified atom stereocenters. The number of likely N-dealkylation sites (tertiary alicyclic amines) is 1. The number of rotatable bonds is 23. The SMILES string of the molecule is CCCCCCCCCC(=O)N1CCC[C@H]1C(=O)N[C@H](C(=O)N[C@@H](C)C(=O)N[C@@H](CC(N)=O)C(=O)N[C@@H](C)C(=O)C(=O)NCc1cccc2ccccc12)[C@H](C)O. The Morgan fingerprint density at radius 3 is 2.12 bits per heavy atom. The van der Waals surface area contributed by atoms with E-state index in [0.717, 1.165) is 48.4 Å². The Morgan fingerprint density at radius 2 is 1.44 bits per heavy atom. The third-order valence-electron chi connectivity index (χ3n) is 10.0. The van der Waals surface area contributed by atoms with Gasteiger partial charge in [0.1, 0.15) is 24.2 Å². The predicted octanol–water partition coefficient (Wildman–Crippen LogP) is 1.39. The summed E-state index contributed by atoms with van der Waals surface area (Å²) in [5.74, 6) is -6.47. The van der Waals surface area contributed by atoms with Gasteiger partial charge in [-0.3, -0.25) is 38.4 Å². The van der Waals surface area contributed by atoms with Crippen molar-refractivity contribution in [2.24, 2.45) is 5.73 Å². The molecule has 0 radical (unpaired) electrons. The molecular formula is C41H59N7O9. The van der Waals surface area contributed by atoms with Crippen LogP contribution in [0, 0.1) is 0 Å². The molecule has 1 heterocycles. The van der Waals surface area contributed by atoms with Crippen molar-refractivity contribution in [1.29, 1.82) is 0 Å². The molecule has 0 spiro atoms. The van der Waals surface area contributed by atoms with Crippen LogP contribution in [0.15, 0.2) is 42.5 Å². The Labute approximate surface area is 333 Å². The number of primary amides is 1. The first kappa shape index (κ1) is 46.0. The largest absolute Gasteiger partial charge is 0.391 e. The minimum Gasteiger partial charge on any atom is -0.391 e. The van der Waals surface area contributed by atoms with E-state index in [1.165, 1.54) is 38.5 Å². The third-order valence-corrected chi connectivity index (χ3v) is 10.0. The van der Waals surface area contributed by atoms with Crippen molar-refractivity contribution in [3.63, 3.8) is 0 Å². The molecule has 0 bridgehead atoms. The number of carbonyl (C=O) groups excluding carboxylic acids is 8. The van der Waals surface area contributed by atoms with Gasteiger partial charge in [0.05, 0.1) is 18.6 Å². The van der Waals surface area contributed by atoms with Gasteiger partial charge >= 0.3 is 0 Å². The Morgan fingerprint density at radius 1 is 0.789 bits per heavy atom. The second-order valence-corrected chi connectivity index (χ2v) is 14.7. The maximum absolute atomic E-state index is 13.3. The van der Waals surface area contributed by atoms with Gasteiger partial charge in [0.15, 0.2) is 0 Å². The Balaban J connectivity index is 1.53. The van der Waals surface area contributed by atoms with Gasteiger partial charge in [-0.25, -0.2) is 0 Å². The zero-order chi connectivity index (χ0) is 42.1. The van der Waals surface area contributed by atoms with E-state index >= 15 is 0 Å². The molecule has 0 saturated carbocycles.